The zero-order valence-electron chi connectivity index (χ0n) is 11.0. The second-order valence-electron chi connectivity index (χ2n) is 4.73. The quantitative estimate of drug-likeness (QED) is 0.897. The Morgan fingerprint density at radius 2 is 2.00 bits per heavy atom. The van der Waals surface area contributed by atoms with Gasteiger partial charge in [0, 0.05) is 37.1 Å². The molecule has 2 aromatic heterocycles. The van der Waals surface area contributed by atoms with E-state index in [1.54, 1.807) is 12.4 Å². The molecule has 0 aromatic carbocycles. The number of likely N-dealkylation sites (N-methyl/N-ethyl adjacent to an activating group) is 1. The summed E-state index contributed by atoms with van der Waals surface area (Å²) in [6, 6.07) is 8.50. The molecular weight excluding hydrogens is 238 g/mol. The molecule has 98 valence electrons. The van der Waals surface area contributed by atoms with Crippen molar-refractivity contribution in [2.24, 2.45) is 0 Å². The summed E-state index contributed by atoms with van der Waals surface area (Å²) in [5.41, 5.74) is 1.93. The molecule has 1 atom stereocenters. The highest BCUT2D eigenvalue weighted by molar-refractivity contribution is 5.58. The van der Waals surface area contributed by atoms with Gasteiger partial charge < -0.3 is 10.2 Å². The number of hydrogen-bond acceptors (Lipinski definition) is 5. The lowest BCUT2D eigenvalue weighted by Crippen LogP contribution is -2.29. The molecule has 1 unspecified atom stereocenters. The maximum atomic E-state index is 4.33. The first-order chi connectivity index (χ1) is 9.36. The molecule has 5 heteroatoms. The Hall–Kier alpha value is -2.01. The molecule has 2 aromatic rings. The molecule has 1 saturated heterocycles. The lowest BCUT2D eigenvalue weighted by Gasteiger charge is -2.16. The fraction of sp³-hybridized carbons (Fsp3) is 0.357. The van der Waals surface area contributed by atoms with Gasteiger partial charge in [-0.05, 0) is 37.7 Å². The number of rotatable bonds is 3. The van der Waals surface area contributed by atoms with Crippen molar-refractivity contribution in [3.8, 4) is 11.3 Å². The fourth-order valence-corrected chi connectivity index (χ4v) is 2.37. The van der Waals surface area contributed by atoms with Crippen LogP contribution in [0, 0.1) is 0 Å². The summed E-state index contributed by atoms with van der Waals surface area (Å²) < 4.78 is 0. The van der Waals surface area contributed by atoms with Gasteiger partial charge >= 0.3 is 0 Å². The monoisotopic (exact) mass is 255 g/mol. The Balaban J connectivity index is 1.76. The average molecular weight is 255 g/mol. The maximum absolute atomic E-state index is 4.33. The molecule has 1 fully saturated rings. The molecule has 0 radical (unpaired) electrons. The molecule has 0 bridgehead atoms. The number of anilines is 1. The van der Waals surface area contributed by atoms with Crippen LogP contribution in [0.3, 0.4) is 0 Å². The van der Waals surface area contributed by atoms with E-state index in [0.717, 1.165) is 36.6 Å². The minimum absolute atomic E-state index is 0.557. The summed E-state index contributed by atoms with van der Waals surface area (Å²) in [5.74, 6) is 0.954. The second-order valence-corrected chi connectivity index (χ2v) is 4.73. The highest BCUT2D eigenvalue weighted by Crippen LogP contribution is 2.20. The zero-order valence-corrected chi connectivity index (χ0v) is 11.0. The van der Waals surface area contributed by atoms with Gasteiger partial charge in [-0.3, -0.25) is 4.98 Å². The number of hydrogen-bond donors (Lipinski definition) is 1. The molecule has 3 heterocycles. The van der Waals surface area contributed by atoms with Crippen molar-refractivity contribution in [1.29, 1.82) is 0 Å². The van der Waals surface area contributed by atoms with Crippen LogP contribution in [-0.2, 0) is 0 Å². The summed E-state index contributed by atoms with van der Waals surface area (Å²) >= 11 is 0. The van der Waals surface area contributed by atoms with Crippen LogP contribution < -0.4 is 10.2 Å². The smallest absolute Gasteiger partial charge is 0.151 e. The molecule has 3 rings (SSSR count). The van der Waals surface area contributed by atoms with Crippen molar-refractivity contribution in [2.75, 3.05) is 25.0 Å². The van der Waals surface area contributed by atoms with E-state index in [2.05, 4.69) is 25.4 Å². The number of nitrogens with zero attached hydrogens (tertiary/aromatic N) is 4. The second kappa shape index (κ2) is 5.32. The van der Waals surface area contributed by atoms with E-state index in [4.69, 9.17) is 0 Å². The lowest BCUT2D eigenvalue weighted by molar-refractivity contribution is 0.616. The van der Waals surface area contributed by atoms with Crippen molar-refractivity contribution in [2.45, 2.75) is 12.5 Å². The molecule has 19 heavy (non-hydrogen) atoms. The molecule has 0 saturated carbocycles. The highest BCUT2D eigenvalue weighted by Gasteiger charge is 2.22. The molecule has 0 aliphatic carbocycles. The molecular formula is C14H17N5. The van der Waals surface area contributed by atoms with Crippen LogP contribution in [0.1, 0.15) is 6.42 Å². The molecule has 0 amide bonds. The van der Waals surface area contributed by atoms with E-state index >= 15 is 0 Å². The lowest BCUT2D eigenvalue weighted by atomic mass is 10.2. The minimum Gasteiger partial charge on any atom is -0.354 e. The Morgan fingerprint density at radius 1 is 1.16 bits per heavy atom. The molecule has 1 aliphatic rings. The van der Waals surface area contributed by atoms with E-state index in [0.29, 0.717) is 6.04 Å². The number of pyridine rings is 1. The summed E-state index contributed by atoms with van der Waals surface area (Å²) in [7, 11) is 2.01. The third kappa shape index (κ3) is 2.56. The Labute approximate surface area is 112 Å². The normalized spacial score (nSPS) is 18.8. The van der Waals surface area contributed by atoms with Gasteiger partial charge in [0.25, 0.3) is 0 Å². The Bertz CT molecular complexity index is 525. The van der Waals surface area contributed by atoms with Gasteiger partial charge in [0.1, 0.15) is 0 Å². The minimum atomic E-state index is 0.557. The molecule has 0 spiro atoms. The summed E-state index contributed by atoms with van der Waals surface area (Å²) in [6.07, 6.45) is 4.69. The van der Waals surface area contributed by atoms with Gasteiger partial charge in [0.05, 0.1) is 5.69 Å². The predicted molar refractivity (Wildman–Crippen MR) is 74.9 cm³/mol. The van der Waals surface area contributed by atoms with E-state index in [9.17, 15) is 0 Å². The van der Waals surface area contributed by atoms with Crippen LogP contribution in [0.4, 0.5) is 5.82 Å². The summed E-state index contributed by atoms with van der Waals surface area (Å²) in [6.45, 7) is 2.04. The van der Waals surface area contributed by atoms with Gasteiger partial charge in [-0.15, -0.1) is 10.2 Å². The van der Waals surface area contributed by atoms with Crippen molar-refractivity contribution in [3.63, 3.8) is 0 Å². The summed E-state index contributed by atoms with van der Waals surface area (Å²) in [5, 5.41) is 11.9. The first-order valence-corrected chi connectivity index (χ1v) is 6.53. The van der Waals surface area contributed by atoms with Crippen molar-refractivity contribution in [3.05, 3.63) is 36.7 Å². The molecule has 1 aliphatic heterocycles. The maximum Gasteiger partial charge on any atom is 0.151 e. The van der Waals surface area contributed by atoms with Gasteiger partial charge in [-0.2, -0.15) is 0 Å². The van der Waals surface area contributed by atoms with Crippen LogP contribution in [0.5, 0.6) is 0 Å². The van der Waals surface area contributed by atoms with Crippen molar-refractivity contribution in [1.82, 2.24) is 20.5 Å². The first kappa shape index (κ1) is 12.0. The first-order valence-electron chi connectivity index (χ1n) is 6.53. The van der Waals surface area contributed by atoms with Crippen LogP contribution in [-0.4, -0.2) is 41.4 Å². The van der Waals surface area contributed by atoms with Gasteiger partial charge in [-0.1, -0.05) is 0 Å². The van der Waals surface area contributed by atoms with Gasteiger partial charge in [-0.25, -0.2) is 0 Å². The summed E-state index contributed by atoms with van der Waals surface area (Å²) in [4.78, 5) is 6.27. The average Bonchev–Trinajstić information content (AvgIpc) is 2.97. The van der Waals surface area contributed by atoms with Gasteiger partial charge in [0.2, 0.25) is 0 Å². The highest BCUT2D eigenvalue weighted by atomic mass is 15.3. The van der Waals surface area contributed by atoms with E-state index in [-0.39, 0.29) is 0 Å². The Kier molecular flexibility index (Phi) is 3.37. The fourth-order valence-electron chi connectivity index (χ4n) is 2.37. The predicted octanol–water partition coefficient (Wildman–Crippen LogP) is 1.34. The van der Waals surface area contributed by atoms with Crippen LogP contribution >= 0.6 is 0 Å². The van der Waals surface area contributed by atoms with Crippen LogP contribution in [0.25, 0.3) is 11.3 Å². The third-order valence-electron chi connectivity index (χ3n) is 3.55. The number of nitrogens with one attached hydrogen (secondary N) is 1. The largest absolute Gasteiger partial charge is 0.354 e. The standard InChI is InChI=1S/C14H17N5/c1-15-12-6-9-19(10-12)14-3-2-13(17-18-14)11-4-7-16-8-5-11/h2-5,7-8,12,15H,6,9-10H2,1H3. The van der Waals surface area contributed by atoms with Crippen LogP contribution in [0.15, 0.2) is 36.7 Å². The SMILES string of the molecule is CNC1CCN(c2ccc(-c3ccncc3)nn2)C1. The Morgan fingerprint density at radius 3 is 2.63 bits per heavy atom. The van der Waals surface area contributed by atoms with E-state index < -0.39 is 0 Å². The molecule has 1 N–H and O–H groups in total. The number of aromatic nitrogens is 3. The van der Waals surface area contributed by atoms with E-state index in [1.807, 2.05) is 31.3 Å². The van der Waals surface area contributed by atoms with Crippen LogP contribution in [0.2, 0.25) is 0 Å². The van der Waals surface area contributed by atoms with Crippen molar-refractivity contribution < 1.29 is 0 Å². The zero-order chi connectivity index (χ0) is 13.1. The van der Waals surface area contributed by atoms with Crippen molar-refractivity contribution >= 4 is 5.82 Å². The van der Waals surface area contributed by atoms with Gasteiger partial charge in [0.15, 0.2) is 5.82 Å². The topological polar surface area (TPSA) is 53.9 Å². The molecule has 5 nitrogen and oxygen atoms in total. The third-order valence-corrected chi connectivity index (χ3v) is 3.55. The van der Waals surface area contributed by atoms with E-state index in [1.165, 1.54) is 0 Å².